The van der Waals surface area contributed by atoms with E-state index in [1.165, 1.54) is 13.0 Å². The number of carbonyl (C=O) groups is 1. The Morgan fingerprint density at radius 3 is 2.60 bits per heavy atom. The summed E-state index contributed by atoms with van der Waals surface area (Å²) in [5, 5.41) is 4.16. The molecule has 0 saturated carbocycles. The number of halogens is 3. The maximum Gasteiger partial charge on any atom is 0.433 e. The summed E-state index contributed by atoms with van der Waals surface area (Å²) in [4.78, 5) is 18.3. The highest BCUT2D eigenvalue weighted by Gasteiger charge is 2.35. The summed E-state index contributed by atoms with van der Waals surface area (Å²) < 4.78 is 40.1. The molecule has 2 aromatic heterocycles. The molecule has 0 aromatic carbocycles. The van der Waals surface area contributed by atoms with Crippen molar-refractivity contribution in [2.24, 2.45) is 7.05 Å². The van der Waals surface area contributed by atoms with Gasteiger partial charge in [0, 0.05) is 19.8 Å². The molecule has 0 radical (unpaired) electrons. The van der Waals surface area contributed by atoms with Gasteiger partial charge in [-0.3, -0.25) is 9.48 Å². The summed E-state index contributed by atoms with van der Waals surface area (Å²) in [5.74, 6) is -0.287. The van der Waals surface area contributed by atoms with Gasteiger partial charge in [-0.2, -0.15) is 18.3 Å². The van der Waals surface area contributed by atoms with E-state index in [9.17, 15) is 18.0 Å². The standard InChI is InChI=1S/C17H19F3N4O/c1-11-12(6-7-15(22-11)17(18,19)20)16(25)24-10-4-3-5-14(24)13-8-9-21-23(13)2/h6-9,14H,3-5,10H2,1-2H3. The Morgan fingerprint density at radius 1 is 1.24 bits per heavy atom. The second-order valence-corrected chi connectivity index (χ2v) is 6.22. The quantitative estimate of drug-likeness (QED) is 0.831. The lowest BCUT2D eigenvalue weighted by atomic mass is 9.97. The Labute approximate surface area is 143 Å². The number of rotatable bonds is 2. The van der Waals surface area contributed by atoms with E-state index in [2.05, 4.69) is 10.1 Å². The first kappa shape index (κ1) is 17.4. The van der Waals surface area contributed by atoms with Gasteiger partial charge in [-0.25, -0.2) is 4.98 Å². The van der Waals surface area contributed by atoms with Gasteiger partial charge in [0.1, 0.15) is 5.69 Å². The molecule has 25 heavy (non-hydrogen) atoms. The summed E-state index contributed by atoms with van der Waals surface area (Å²) in [7, 11) is 1.82. The van der Waals surface area contributed by atoms with Gasteiger partial charge in [-0.15, -0.1) is 0 Å². The van der Waals surface area contributed by atoms with Crippen molar-refractivity contribution in [3.63, 3.8) is 0 Å². The van der Waals surface area contributed by atoms with Crippen LogP contribution in [0.1, 0.15) is 52.7 Å². The minimum atomic E-state index is -4.52. The van der Waals surface area contributed by atoms with Gasteiger partial charge in [0.2, 0.25) is 0 Å². The first-order valence-corrected chi connectivity index (χ1v) is 8.12. The molecule has 1 amide bonds. The monoisotopic (exact) mass is 352 g/mol. The molecule has 134 valence electrons. The van der Waals surface area contributed by atoms with Crippen molar-refractivity contribution in [2.75, 3.05) is 6.54 Å². The SMILES string of the molecule is Cc1nc(C(F)(F)F)ccc1C(=O)N1CCCCC1c1ccnn1C. The Bertz CT molecular complexity index is 784. The first-order chi connectivity index (χ1) is 11.8. The van der Waals surface area contributed by atoms with E-state index in [1.807, 2.05) is 13.1 Å². The maximum absolute atomic E-state index is 13.0. The maximum atomic E-state index is 13.0. The van der Waals surface area contributed by atoms with Crippen molar-refractivity contribution < 1.29 is 18.0 Å². The third-order valence-corrected chi connectivity index (χ3v) is 4.57. The number of nitrogens with zero attached hydrogens (tertiary/aromatic N) is 4. The number of aryl methyl sites for hydroxylation is 2. The fraction of sp³-hybridized carbons (Fsp3) is 0.471. The fourth-order valence-electron chi connectivity index (χ4n) is 3.29. The number of aromatic nitrogens is 3. The number of likely N-dealkylation sites (tertiary alicyclic amines) is 1. The summed E-state index contributed by atoms with van der Waals surface area (Å²) in [5.41, 5.74) is 0.241. The fourth-order valence-corrected chi connectivity index (χ4v) is 3.29. The second kappa shape index (κ2) is 6.50. The predicted molar refractivity (Wildman–Crippen MR) is 84.8 cm³/mol. The lowest BCUT2D eigenvalue weighted by Crippen LogP contribution is -2.39. The lowest BCUT2D eigenvalue weighted by Gasteiger charge is -2.36. The average Bonchev–Trinajstić information content (AvgIpc) is 2.99. The van der Waals surface area contributed by atoms with E-state index < -0.39 is 11.9 Å². The van der Waals surface area contributed by atoms with Gasteiger partial charge in [-0.05, 0) is 44.4 Å². The number of alkyl halides is 3. The van der Waals surface area contributed by atoms with Crippen LogP contribution in [0.4, 0.5) is 13.2 Å². The van der Waals surface area contributed by atoms with Crippen molar-refractivity contribution in [2.45, 2.75) is 38.4 Å². The molecular weight excluding hydrogens is 333 g/mol. The van der Waals surface area contributed by atoms with Crippen molar-refractivity contribution in [3.05, 3.63) is 47.0 Å². The van der Waals surface area contributed by atoms with Crippen molar-refractivity contribution in [1.82, 2.24) is 19.7 Å². The number of pyridine rings is 1. The molecule has 0 bridgehead atoms. The minimum Gasteiger partial charge on any atom is -0.330 e. The lowest BCUT2D eigenvalue weighted by molar-refractivity contribution is -0.141. The summed E-state index contributed by atoms with van der Waals surface area (Å²) in [6.07, 6.45) is -0.179. The molecule has 0 N–H and O–H groups in total. The van der Waals surface area contributed by atoms with E-state index in [-0.39, 0.29) is 23.2 Å². The molecule has 5 nitrogen and oxygen atoms in total. The topological polar surface area (TPSA) is 51.0 Å². The second-order valence-electron chi connectivity index (χ2n) is 6.22. The van der Waals surface area contributed by atoms with E-state index >= 15 is 0 Å². The predicted octanol–water partition coefficient (Wildman–Crippen LogP) is 3.51. The van der Waals surface area contributed by atoms with Crippen LogP contribution in [0, 0.1) is 6.92 Å². The van der Waals surface area contributed by atoms with E-state index in [0.29, 0.717) is 6.54 Å². The molecule has 1 saturated heterocycles. The van der Waals surface area contributed by atoms with Gasteiger partial charge < -0.3 is 4.90 Å². The molecule has 1 unspecified atom stereocenters. The van der Waals surface area contributed by atoms with E-state index in [0.717, 1.165) is 31.0 Å². The Hall–Kier alpha value is -2.38. The molecule has 1 aliphatic heterocycles. The van der Waals surface area contributed by atoms with Crippen LogP contribution < -0.4 is 0 Å². The average molecular weight is 352 g/mol. The van der Waals surface area contributed by atoms with Gasteiger partial charge in [0.05, 0.1) is 23.0 Å². The highest BCUT2D eigenvalue weighted by molar-refractivity contribution is 5.95. The van der Waals surface area contributed by atoms with Crippen LogP contribution in [-0.2, 0) is 13.2 Å². The van der Waals surface area contributed by atoms with E-state index in [1.54, 1.807) is 15.8 Å². The molecule has 3 heterocycles. The largest absolute Gasteiger partial charge is 0.433 e. The van der Waals surface area contributed by atoms with Gasteiger partial charge in [-0.1, -0.05) is 0 Å². The van der Waals surface area contributed by atoms with Gasteiger partial charge in [0.15, 0.2) is 0 Å². The van der Waals surface area contributed by atoms with Crippen LogP contribution >= 0.6 is 0 Å². The minimum absolute atomic E-state index is 0.0918. The molecule has 0 spiro atoms. The molecule has 1 fully saturated rings. The zero-order chi connectivity index (χ0) is 18.2. The number of piperidine rings is 1. The van der Waals surface area contributed by atoms with E-state index in [4.69, 9.17) is 0 Å². The van der Waals surface area contributed by atoms with Gasteiger partial charge >= 0.3 is 6.18 Å². The van der Waals surface area contributed by atoms with Crippen molar-refractivity contribution >= 4 is 5.91 Å². The van der Waals surface area contributed by atoms with Crippen LogP contribution in [0.3, 0.4) is 0 Å². The third kappa shape index (κ3) is 3.38. The zero-order valence-corrected chi connectivity index (χ0v) is 14.0. The molecular formula is C17H19F3N4O. The first-order valence-electron chi connectivity index (χ1n) is 8.12. The highest BCUT2D eigenvalue weighted by atomic mass is 19.4. The Kier molecular flexibility index (Phi) is 4.53. The summed E-state index contributed by atoms with van der Waals surface area (Å²) in [6.45, 7) is 2.00. The smallest absolute Gasteiger partial charge is 0.330 e. The molecule has 2 aromatic rings. The van der Waals surface area contributed by atoms with Crippen LogP contribution in [0.5, 0.6) is 0 Å². The van der Waals surface area contributed by atoms with Crippen LogP contribution in [0.15, 0.2) is 24.4 Å². The molecule has 0 aliphatic carbocycles. The number of hydrogen-bond acceptors (Lipinski definition) is 3. The Morgan fingerprint density at radius 2 is 2.00 bits per heavy atom. The third-order valence-electron chi connectivity index (χ3n) is 4.57. The van der Waals surface area contributed by atoms with Gasteiger partial charge in [0.25, 0.3) is 5.91 Å². The number of hydrogen-bond donors (Lipinski definition) is 0. The normalized spacial score (nSPS) is 18.4. The van der Waals surface area contributed by atoms with Crippen LogP contribution in [0.2, 0.25) is 0 Å². The zero-order valence-electron chi connectivity index (χ0n) is 14.0. The van der Waals surface area contributed by atoms with Crippen molar-refractivity contribution in [1.29, 1.82) is 0 Å². The summed E-state index contributed by atoms with van der Waals surface area (Å²) in [6, 6.07) is 3.83. The van der Waals surface area contributed by atoms with Crippen molar-refractivity contribution in [3.8, 4) is 0 Å². The number of carbonyl (C=O) groups excluding carboxylic acids is 1. The molecule has 8 heteroatoms. The number of amides is 1. The highest BCUT2D eigenvalue weighted by Crippen LogP contribution is 2.33. The van der Waals surface area contributed by atoms with Crippen LogP contribution in [-0.4, -0.2) is 32.1 Å². The summed E-state index contributed by atoms with van der Waals surface area (Å²) >= 11 is 0. The molecule has 1 atom stereocenters. The Balaban J connectivity index is 1.92. The van der Waals surface area contributed by atoms with Crippen LogP contribution in [0.25, 0.3) is 0 Å². The molecule has 1 aliphatic rings. The molecule has 3 rings (SSSR count).